The number of nitrogens with zero attached hydrogens (tertiary/aromatic N) is 1. The summed E-state index contributed by atoms with van der Waals surface area (Å²) in [5, 5.41) is 15.0. The molecule has 0 saturated carbocycles. The van der Waals surface area contributed by atoms with Gasteiger partial charge in [-0.3, -0.25) is 10.1 Å². The number of hydrogen-bond donors (Lipinski definition) is 0. The quantitative estimate of drug-likeness (QED) is 0.557. The fraction of sp³-hybridized carbons (Fsp3) is 0. The number of nitro groups is 1. The van der Waals surface area contributed by atoms with E-state index in [2.05, 4.69) is 5.38 Å². The first-order valence-corrected chi connectivity index (χ1v) is 4.86. The third kappa shape index (κ3) is 1.52. The normalized spacial score (nSPS) is 10.0. The number of hydrogen-bond acceptors (Lipinski definition) is 3. The highest BCUT2D eigenvalue weighted by Gasteiger charge is 2.16. The summed E-state index contributed by atoms with van der Waals surface area (Å²) >= 11 is 1.22. The fourth-order valence-corrected chi connectivity index (χ4v) is 1.93. The van der Waals surface area contributed by atoms with Gasteiger partial charge in [-0.1, -0.05) is 30.3 Å². The molecular weight excluding hydrogens is 198 g/mol. The summed E-state index contributed by atoms with van der Waals surface area (Å²) in [6.45, 7) is 0. The minimum absolute atomic E-state index is 0.0567. The first kappa shape index (κ1) is 8.90. The van der Waals surface area contributed by atoms with Crippen LogP contribution >= 0.6 is 11.3 Å². The first-order valence-electron chi connectivity index (χ1n) is 3.98. The van der Waals surface area contributed by atoms with E-state index in [1.165, 1.54) is 11.3 Å². The van der Waals surface area contributed by atoms with E-state index in [4.69, 9.17) is 0 Å². The predicted octanol–water partition coefficient (Wildman–Crippen LogP) is 3.12. The molecule has 14 heavy (non-hydrogen) atoms. The maximum atomic E-state index is 10.6. The Morgan fingerprint density at radius 3 is 2.64 bits per heavy atom. The molecular formula is C10H6NO2S. The molecule has 3 nitrogen and oxygen atoms in total. The van der Waals surface area contributed by atoms with Crippen LogP contribution in [0.4, 0.5) is 5.69 Å². The second kappa shape index (κ2) is 3.59. The van der Waals surface area contributed by atoms with E-state index in [0.29, 0.717) is 5.56 Å². The summed E-state index contributed by atoms with van der Waals surface area (Å²) in [6, 6.07) is 9.30. The maximum absolute atomic E-state index is 10.6. The van der Waals surface area contributed by atoms with Crippen molar-refractivity contribution < 1.29 is 4.92 Å². The number of rotatable bonds is 2. The summed E-state index contributed by atoms with van der Waals surface area (Å²) < 4.78 is 0. The van der Waals surface area contributed by atoms with E-state index in [9.17, 15) is 10.1 Å². The van der Waals surface area contributed by atoms with Gasteiger partial charge in [-0.25, -0.2) is 0 Å². The van der Waals surface area contributed by atoms with Gasteiger partial charge in [0.05, 0.1) is 10.5 Å². The Labute approximate surface area is 84.8 Å². The van der Waals surface area contributed by atoms with Gasteiger partial charge in [-0.2, -0.15) is 0 Å². The zero-order chi connectivity index (χ0) is 9.97. The van der Waals surface area contributed by atoms with Gasteiger partial charge in [0.15, 0.2) is 0 Å². The molecule has 1 aromatic heterocycles. The van der Waals surface area contributed by atoms with Crippen molar-refractivity contribution in [2.24, 2.45) is 0 Å². The van der Waals surface area contributed by atoms with Crippen molar-refractivity contribution in [2.45, 2.75) is 0 Å². The minimum Gasteiger partial charge on any atom is -0.258 e. The van der Waals surface area contributed by atoms with Crippen molar-refractivity contribution in [3.05, 3.63) is 51.2 Å². The van der Waals surface area contributed by atoms with Crippen molar-refractivity contribution in [1.82, 2.24) is 0 Å². The minimum atomic E-state index is -0.404. The summed E-state index contributed by atoms with van der Waals surface area (Å²) in [5.74, 6) is 0. The van der Waals surface area contributed by atoms with Crippen molar-refractivity contribution in [1.29, 1.82) is 0 Å². The molecule has 0 atom stereocenters. The van der Waals surface area contributed by atoms with Crippen LogP contribution in [-0.4, -0.2) is 4.92 Å². The molecule has 0 amide bonds. The molecule has 0 aliphatic rings. The SMILES string of the molecule is O=[N+]([O-])c1[c]scc1-c1ccccc1. The number of thiophene rings is 1. The zero-order valence-corrected chi connectivity index (χ0v) is 7.95. The molecule has 4 heteroatoms. The van der Waals surface area contributed by atoms with Crippen LogP contribution < -0.4 is 0 Å². The van der Waals surface area contributed by atoms with Crippen LogP contribution in [0.15, 0.2) is 35.7 Å². The zero-order valence-electron chi connectivity index (χ0n) is 7.14. The van der Waals surface area contributed by atoms with Crippen LogP contribution in [0, 0.1) is 15.5 Å². The van der Waals surface area contributed by atoms with E-state index in [1.807, 2.05) is 30.3 Å². The lowest BCUT2D eigenvalue weighted by atomic mass is 10.1. The monoisotopic (exact) mass is 204 g/mol. The van der Waals surface area contributed by atoms with E-state index < -0.39 is 4.92 Å². The molecule has 0 saturated heterocycles. The highest BCUT2D eigenvalue weighted by atomic mass is 32.1. The fourth-order valence-electron chi connectivity index (χ4n) is 1.21. The Balaban J connectivity index is 2.52. The van der Waals surface area contributed by atoms with Gasteiger partial charge in [0.2, 0.25) is 0 Å². The largest absolute Gasteiger partial charge is 0.296 e. The van der Waals surface area contributed by atoms with E-state index >= 15 is 0 Å². The van der Waals surface area contributed by atoms with Crippen LogP contribution in [0.5, 0.6) is 0 Å². The molecule has 0 aliphatic carbocycles. The predicted molar refractivity (Wildman–Crippen MR) is 55.2 cm³/mol. The van der Waals surface area contributed by atoms with Crippen LogP contribution in [0.25, 0.3) is 11.1 Å². The molecule has 1 heterocycles. The lowest BCUT2D eigenvalue weighted by molar-refractivity contribution is -0.384. The highest BCUT2D eigenvalue weighted by Crippen LogP contribution is 2.32. The Kier molecular flexibility index (Phi) is 2.28. The van der Waals surface area contributed by atoms with Gasteiger partial charge in [0, 0.05) is 5.38 Å². The second-order valence-electron chi connectivity index (χ2n) is 2.72. The molecule has 0 spiro atoms. The molecule has 0 unspecified atom stereocenters. The van der Waals surface area contributed by atoms with Gasteiger partial charge in [-0.15, -0.1) is 11.3 Å². The average Bonchev–Trinajstić information content (AvgIpc) is 2.67. The molecule has 0 bridgehead atoms. The maximum Gasteiger partial charge on any atom is 0.296 e. The summed E-state index contributed by atoms with van der Waals surface area (Å²) in [4.78, 5) is 10.2. The van der Waals surface area contributed by atoms with Gasteiger partial charge < -0.3 is 0 Å². The molecule has 0 fully saturated rings. The molecule has 2 rings (SSSR count). The van der Waals surface area contributed by atoms with Gasteiger partial charge in [0.25, 0.3) is 5.69 Å². The van der Waals surface area contributed by atoms with Crippen molar-refractivity contribution in [3.63, 3.8) is 0 Å². The smallest absolute Gasteiger partial charge is 0.258 e. The highest BCUT2D eigenvalue weighted by molar-refractivity contribution is 7.08. The Hall–Kier alpha value is -1.68. The molecule has 0 N–H and O–H groups in total. The lowest BCUT2D eigenvalue weighted by Gasteiger charge is -1.96. The van der Waals surface area contributed by atoms with Crippen LogP contribution in [0.1, 0.15) is 0 Å². The van der Waals surface area contributed by atoms with E-state index in [0.717, 1.165) is 5.56 Å². The van der Waals surface area contributed by atoms with E-state index in [1.54, 1.807) is 5.38 Å². The molecule has 0 aliphatic heterocycles. The topological polar surface area (TPSA) is 43.1 Å². The second-order valence-corrected chi connectivity index (χ2v) is 3.40. The third-order valence-corrected chi connectivity index (χ3v) is 2.52. The van der Waals surface area contributed by atoms with Gasteiger partial charge in [-0.05, 0) is 5.56 Å². The summed E-state index contributed by atoms with van der Waals surface area (Å²) in [6.07, 6.45) is 0. The van der Waals surface area contributed by atoms with Crippen LogP contribution in [-0.2, 0) is 0 Å². The Morgan fingerprint density at radius 1 is 1.29 bits per heavy atom. The third-order valence-electron chi connectivity index (χ3n) is 1.85. The molecule has 2 aromatic rings. The average molecular weight is 204 g/mol. The van der Waals surface area contributed by atoms with Crippen LogP contribution in [0.3, 0.4) is 0 Å². The van der Waals surface area contributed by atoms with E-state index in [-0.39, 0.29) is 5.69 Å². The van der Waals surface area contributed by atoms with Crippen molar-refractivity contribution in [2.75, 3.05) is 0 Å². The molecule has 69 valence electrons. The van der Waals surface area contributed by atoms with Gasteiger partial charge in [0.1, 0.15) is 5.38 Å². The molecule has 1 aromatic carbocycles. The summed E-state index contributed by atoms with van der Waals surface area (Å²) in [7, 11) is 0. The summed E-state index contributed by atoms with van der Waals surface area (Å²) in [5.41, 5.74) is 1.55. The van der Waals surface area contributed by atoms with Crippen molar-refractivity contribution >= 4 is 17.0 Å². The molecule has 1 radical (unpaired) electrons. The lowest BCUT2D eigenvalue weighted by Crippen LogP contribution is -1.87. The van der Waals surface area contributed by atoms with Crippen LogP contribution in [0.2, 0.25) is 0 Å². The van der Waals surface area contributed by atoms with Gasteiger partial charge >= 0.3 is 0 Å². The Bertz CT molecular complexity index is 450. The standard InChI is InChI=1S/C10H6NO2S/c12-11(13)10-7-14-6-9(10)8-4-2-1-3-5-8/h1-6H. The Morgan fingerprint density at radius 2 is 2.00 bits per heavy atom. The van der Waals surface area contributed by atoms with Crippen molar-refractivity contribution in [3.8, 4) is 11.1 Å². The first-order chi connectivity index (χ1) is 6.79. The number of benzene rings is 1.